The molecule has 0 radical (unpaired) electrons. The first kappa shape index (κ1) is 13.7. The van der Waals surface area contributed by atoms with Crippen LogP contribution in [0.15, 0.2) is 22.8 Å². The number of aromatic nitrogens is 1. The number of nitrogens with one attached hydrogen (secondary N) is 1. The molecule has 1 saturated heterocycles. The molecule has 2 amide bonds. The van der Waals surface area contributed by atoms with Gasteiger partial charge < -0.3 is 23.9 Å². The molecule has 21 heavy (non-hydrogen) atoms. The largest absolute Gasteiger partial charge is 0.463 e. The third kappa shape index (κ3) is 2.64. The van der Waals surface area contributed by atoms with Gasteiger partial charge in [0, 0.05) is 32.3 Å². The van der Waals surface area contributed by atoms with Gasteiger partial charge in [-0.25, -0.2) is 0 Å². The molecule has 1 aliphatic rings. The lowest BCUT2D eigenvalue weighted by molar-refractivity contribution is -0.134. The number of carbonyl (C=O) groups is 2. The van der Waals surface area contributed by atoms with Crippen molar-refractivity contribution >= 4 is 22.9 Å². The van der Waals surface area contributed by atoms with Crippen LogP contribution in [-0.4, -0.2) is 54.1 Å². The van der Waals surface area contributed by atoms with Crippen LogP contribution in [0.1, 0.15) is 10.5 Å². The molecule has 0 saturated carbocycles. The third-order valence-electron chi connectivity index (χ3n) is 3.66. The minimum Gasteiger partial charge on any atom is -0.463 e. The number of rotatable bonds is 3. The van der Waals surface area contributed by atoms with Crippen LogP contribution in [-0.2, 0) is 16.6 Å². The predicted octanol–water partition coefficient (Wildman–Crippen LogP) is 0.360. The lowest BCUT2D eigenvalue weighted by Gasteiger charge is -2.26. The van der Waals surface area contributed by atoms with Crippen molar-refractivity contribution in [3.05, 3.63) is 24.1 Å². The van der Waals surface area contributed by atoms with Gasteiger partial charge in [-0.3, -0.25) is 9.59 Å². The van der Waals surface area contributed by atoms with Gasteiger partial charge in [0.2, 0.25) is 5.91 Å². The Labute approximate surface area is 121 Å². The van der Waals surface area contributed by atoms with Gasteiger partial charge in [0.15, 0.2) is 5.58 Å². The van der Waals surface area contributed by atoms with Crippen LogP contribution in [0.5, 0.6) is 0 Å². The predicted molar refractivity (Wildman–Crippen MR) is 74.9 cm³/mol. The molecule has 0 aromatic carbocycles. The quantitative estimate of drug-likeness (QED) is 0.886. The van der Waals surface area contributed by atoms with Crippen LogP contribution in [0.2, 0.25) is 0 Å². The van der Waals surface area contributed by atoms with E-state index in [9.17, 15) is 9.59 Å². The molecule has 2 aromatic rings. The van der Waals surface area contributed by atoms with Crippen molar-refractivity contribution < 1.29 is 18.7 Å². The Balaban J connectivity index is 1.62. The van der Waals surface area contributed by atoms with E-state index in [0.29, 0.717) is 37.6 Å². The van der Waals surface area contributed by atoms with E-state index in [0.717, 1.165) is 5.52 Å². The SMILES string of the molecule is Cn1c(C(=O)NCC(=O)N2CCOCC2)cc2occc21. The molecule has 2 aromatic heterocycles. The van der Waals surface area contributed by atoms with Gasteiger partial charge in [-0.05, 0) is 0 Å². The van der Waals surface area contributed by atoms with E-state index in [1.54, 1.807) is 34.9 Å². The maximum absolute atomic E-state index is 12.2. The smallest absolute Gasteiger partial charge is 0.268 e. The molecule has 7 nitrogen and oxygen atoms in total. The maximum atomic E-state index is 12.2. The summed E-state index contributed by atoms with van der Waals surface area (Å²) in [6.07, 6.45) is 1.58. The van der Waals surface area contributed by atoms with Crippen molar-refractivity contribution in [2.45, 2.75) is 0 Å². The topological polar surface area (TPSA) is 76.7 Å². The number of furan rings is 1. The Kier molecular flexibility index (Phi) is 3.66. The maximum Gasteiger partial charge on any atom is 0.268 e. The monoisotopic (exact) mass is 291 g/mol. The molecule has 0 unspecified atom stereocenters. The number of morpholine rings is 1. The second kappa shape index (κ2) is 5.61. The Bertz CT molecular complexity index is 667. The average molecular weight is 291 g/mol. The molecule has 1 aliphatic heterocycles. The Morgan fingerprint density at radius 2 is 2.10 bits per heavy atom. The number of carbonyl (C=O) groups excluding carboxylic acids is 2. The van der Waals surface area contributed by atoms with Gasteiger partial charge in [0.1, 0.15) is 5.69 Å². The second-order valence-corrected chi connectivity index (χ2v) is 4.93. The normalized spacial score (nSPS) is 15.4. The molecular formula is C14H17N3O4. The van der Waals surface area contributed by atoms with Crippen molar-refractivity contribution in [2.75, 3.05) is 32.8 Å². The zero-order chi connectivity index (χ0) is 14.8. The van der Waals surface area contributed by atoms with E-state index in [1.807, 2.05) is 0 Å². The minimum atomic E-state index is -0.287. The summed E-state index contributed by atoms with van der Waals surface area (Å²) in [7, 11) is 1.79. The van der Waals surface area contributed by atoms with Crippen molar-refractivity contribution in [1.82, 2.24) is 14.8 Å². The molecule has 3 heterocycles. The summed E-state index contributed by atoms with van der Waals surface area (Å²) in [6.45, 7) is 2.24. The van der Waals surface area contributed by atoms with Gasteiger partial charge in [0.05, 0.1) is 31.5 Å². The molecular weight excluding hydrogens is 274 g/mol. The number of hydrogen-bond acceptors (Lipinski definition) is 4. The van der Waals surface area contributed by atoms with Gasteiger partial charge in [-0.1, -0.05) is 0 Å². The molecule has 1 N–H and O–H groups in total. The van der Waals surface area contributed by atoms with Gasteiger partial charge in [0.25, 0.3) is 5.91 Å². The van der Waals surface area contributed by atoms with E-state index >= 15 is 0 Å². The lowest BCUT2D eigenvalue weighted by atomic mass is 10.3. The summed E-state index contributed by atoms with van der Waals surface area (Å²) in [4.78, 5) is 25.8. The van der Waals surface area contributed by atoms with Gasteiger partial charge >= 0.3 is 0 Å². The number of amides is 2. The molecule has 0 aliphatic carbocycles. The minimum absolute atomic E-state index is 0.00856. The second-order valence-electron chi connectivity index (χ2n) is 4.93. The lowest BCUT2D eigenvalue weighted by Crippen LogP contribution is -2.45. The van der Waals surface area contributed by atoms with Gasteiger partial charge in [-0.2, -0.15) is 0 Å². The van der Waals surface area contributed by atoms with Crippen molar-refractivity contribution in [2.24, 2.45) is 7.05 Å². The van der Waals surface area contributed by atoms with Crippen LogP contribution >= 0.6 is 0 Å². The average Bonchev–Trinajstić information content (AvgIpc) is 3.09. The fourth-order valence-electron chi connectivity index (χ4n) is 2.44. The first-order valence-corrected chi connectivity index (χ1v) is 6.83. The third-order valence-corrected chi connectivity index (χ3v) is 3.66. The summed E-state index contributed by atoms with van der Waals surface area (Å²) in [5, 5.41) is 2.65. The molecule has 0 bridgehead atoms. The van der Waals surface area contributed by atoms with Crippen molar-refractivity contribution in [3.63, 3.8) is 0 Å². The first-order valence-electron chi connectivity index (χ1n) is 6.83. The van der Waals surface area contributed by atoms with E-state index in [1.165, 1.54) is 0 Å². The highest BCUT2D eigenvalue weighted by atomic mass is 16.5. The highest BCUT2D eigenvalue weighted by molar-refractivity contribution is 5.99. The zero-order valence-corrected chi connectivity index (χ0v) is 11.8. The Morgan fingerprint density at radius 1 is 1.33 bits per heavy atom. The fraction of sp³-hybridized carbons (Fsp3) is 0.429. The summed E-state index contributed by atoms with van der Waals surface area (Å²) in [5.74, 6) is -0.380. The number of hydrogen-bond donors (Lipinski definition) is 1. The molecule has 1 fully saturated rings. The molecule has 3 rings (SSSR count). The van der Waals surface area contributed by atoms with Crippen molar-refractivity contribution in [3.8, 4) is 0 Å². The van der Waals surface area contributed by atoms with Crippen LogP contribution in [0, 0.1) is 0 Å². The van der Waals surface area contributed by atoms with Crippen molar-refractivity contribution in [1.29, 1.82) is 0 Å². The van der Waals surface area contributed by atoms with Crippen LogP contribution < -0.4 is 5.32 Å². The fourth-order valence-corrected chi connectivity index (χ4v) is 2.44. The highest BCUT2D eigenvalue weighted by Crippen LogP contribution is 2.19. The van der Waals surface area contributed by atoms with Crippen LogP contribution in [0.4, 0.5) is 0 Å². The summed E-state index contributed by atoms with van der Waals surface area (Å²) in [5.41, 5.74) is 1.97. The summed E-state index contributed by atoms with van der Waals surface area (Å²) >= 11 is 0. The van der Waals surface area contributed by atoms with E-state index < -0.39 is 0 Å². The number of aryl methyl sites for hydroxylation is 1. The number of fused-ring (bicyclic) bond motifs is 1. The summed E-state index contributed by atoms with van der Waals surface area (Å²) in [6, 6.07) is 3.47. The molecule has 0 spiro atoms. The van der Waals surface area contributed by atoms with E-state index in [-0.39, 0.29) is 18.4 Å². The Hall–Kier alpha value is -2.28. The van der Waals surface area contributed by atoms with Crippen LogP contribution in [0.25, 0.3) is 11.1 Å². The van der Waals surface area contributed by atoms with E-state index in [2.05, 4.69) is 5.32 Å². The summed E-state index contributed by atoms with van der Waals surface area (Å²) < 4.78 is 12.2. The van der Waals surface area contributed by atoms with E-state index in [4.69, 9.17) is 9.15 Å². The number of ether oxygens (including phenoxy) is 1. The van der Waals surface area contributed by atoms with Crippen LogP contribution in [0.3, 0.4) is 0 Å². The first-order chi connectivity index (χ1) is 10.2. The molecule has 0 atom stereocenters. The molecule has 7 heteroatoms. The Morgan fingerprint density at radius 3 is 2.81 bits per heavy atom. The number of nitrogens with zero attached hydrogens (tertiary/aromatic N) is 2. The van der Waals surface area contributed by atoms with Gasteiger partial charge in [-0.15, -0.1) is 0 Å². The standard InChI is InChI=1S/C14H17N3O4/c1-16-10-2-5-21-12(10)8-11(16)14(19)15-9-13(18)17-3-6-20-7-4-17/h2,5,8H,3-4,6-7,9H2,1H3,(H,15,19). The highest BCUT2D eigenvalue weighted by Gasteiger charge is 2.19. The molecule has 112 valence electrons. The zero-order valence-electron chi connectivity index (χ0n) is 11.8.